The van der Waals surface area contributed by atoms with E-state index in [9.17, 15) is 4.79 Å². The second-order valence-electron chi connectivity index (χ2n) is 3.23. The Hall–Kier alpha value is -0.610. The highest BCUT2D eigenvalue weighted by molar-refractivity contribution is 5.88. The number of nitrogens with one attached hydrogen (secondary N) is 1. The minimum absolute atomic E-state index is 0.0197. The lowest BCUT2D eigenvalue weighted by molar-refractivity contribution is -0.130. The van der Waals surface area contributed by atoms with Crippen LogP contribution < -0.4 is 11.1 Å². The number of hydrogen-bond donors (Lipinski definition) is 2. The molecule has 0 aromatic heterocycles. The van der Waals surface area contributed by atoms with Crippen LogP contribution in [0.3, 0.4) is 0 Å². The first-order valence-electron chi connectivity index (χ1n) is 3.82. The van der Waals surface area contributed by atoms with Crippen LogP contribution in [-0.4, -0.2) is 43.5 Å². The average Bonchev–Trinajstić information content (AvgIpc) is 1.96. The van der Waals surface area contributed by atoms with E-state index in [4.69, 9.17) is 5.73 Å². The summed E-state index contributed by atoms with van der Waals surface area (Å²) in [6, 6.07) is -0.0696. The van der Waals surface area contributed by atoms with Crippen molar-refractivity contribution in [3.8, 4) is 0 Å². The first-order chi connectivity index (χ1) is 5.11. The first kappa shape index (κ1) is 8.49. The van der Waals surface area contributed by atoms with Crippen molar-refractivity contribution in [2.24, 2.45) is 5.73 Å². The van der Waals surface area contributed by atoms with Crippen LogP contribution >= 0.6 is 0 Å². The molecule has 1 heterocycles. The molecule has 1 fully saturated rings. The van der Waals surface area contributed by atoms with Gasteiger partial charge >= 0.3 is 0 Å². The zero-order valence-corrected chi connectivity index (χ0v) is 7.00. The molecule has 11 heavy (non-hydrogen) atoms. The molecule has 2 atom stereocenters. The molecule has 1 amide bonds. The Morgan fingerprint density at radius 1 is 1.64 bits per heavy atom. The Balaban J connectivity index is 2.15. The summed E-state index contributed by atoms with van der Waals surface area (Å²) in [4.78, 5) is 12.7. The summed E-state index contributed by atoms with van der Waals surface area (Å²) in [6.07, 6.45) is 0.944. The highest BCUT2D eigenvalue weighted by Crippen LogP contribution is 2.07. The zero-order valence-electron chi connectivity index (χ0n) is 7.00. The standard InChI is InChI=1S/C7H15N3O/c1-10(2)4-3-5-6(8)7(11)9-5/h5-6H,3-4,8H2,1-2H3,(H,9,11). The predicted octanol–water partition coefficient (Wildman–Crippen LogP) is -1.24. The second kappa shape index (κ2) is 3.19. The third-order valence-electron chi connectivity index (χ3n) is 1.95. The van der Waals surface area contributed by atoms with Gasteiger partial charge in [0.2, 0.25) is 5.91 Å². The van der Waals surface area contributed by atoms with Crippen molar-refractivity contribution in [3.63, 3.8) is 0 Å². The molecule has 64 valence electrons. The van der Waals surface area contributed by atoms with E-state index in [1.54, 1.807) is 0 Å². The summed E-state index contributed by atoms with van der Waals surface area (Å²) in [5.41, 5.74) is 5.52. The van der Waals surface area contributed by atoms with Gasteiger partial charge in [0, 0.05) is 0 Å². The maximum absolute atomic E-state index is 10.6. The third kappa shape index (κ3) is 1.91. The number of amides is 1. The summed E-state index contributed by atoms with van der Waals surface area (Å²) in [7, 11) is 4.01. The number of nitrogens with zero attached hydrogens (tertiary/aromatic N) is 1. The molecule has 0 aromatic carbocycles. The number of nitrogens with two attached hydrogens (primary N) is 1. The Morgan fingerprint density at radius 2 is 2.27 bits per heavy atom. The number of hydrogen-bond acceptors (Lipinski definition) is 3. The number of carbonyl (C=O) groups excluding carboxylic acids is 1. The van der Waals surface area contributed by atoms with E-state index in [2.05, 4.69) is 10.2 Å². The Bertz CT molecular complexity index is 158. The number of rotatable bonds is 3. The zero-order chi connectivity index (χ0) is 8.43. The molecule has 0 saturated carbocycles. The van der Waals surface area contributed by atoms with Gasteiger partial charge in [-0.15, -0.1) is 0 Å². The minimum Gasteiger partial charge on any atom is -0.350 e. The Morgan fingerprint density at radius 3 is 2.64 bits per heavy atom. The smallest absolute Gasteiger partial charge is 0.239 e. The van der Waals surface area contributed by atoms with Crippen molar-refractivity contribution >= 4 is 5.91 Å². The highest BCUT2D eigenvalue weighted by atomic mass is 16.2. The lowest BCUT2D eigenvalue weighted by atomic mass is 9.97. The van der Waals surface area contributed by atoms with Crippen molar-refractivity contribution in [2.45, 2.75) is 18.5 Å². The van der Waals surface area contributed by atoms with Crippen LogP contribution in [0.2, 0.25) is 0 Å². The van der Waals surface area contributed by atoms with Gasteiger partial charge in [0.05, 0.1) is 6.04 Å². The fourth-order valence-electron chi connectivity index (χ4n) is 1.10. The van der Waals surface area contributed by atoms with E-state index in [1.165, 1.54) is 0 Å². The van der Waals surface area contributed by atoms with Crippen LogP contribution in [0.15, 0.2) is 0 Å². The third-order valence-corrected chi connectivity index (χ3v) is 1.95. The van der Waals surface area contributed by atoms with E-state index in [0.717, 1.165) is 13.0 Å². The summed E-state index contributed by atoms with van der Waals surface area (Å²) in [5.74, 6) is -0.0197. The lowest BCUT2D eigenvalue weighted by Crippen LogP contribution is -2.67. The molecule has 1 rings (SSSR count). The van der Waals surface area contributed by atoms with E-state index < -0.39 is 0 Å². The molecule has 1 aliphatic rings. The Labute approximate surface area is 66.7 Å². The fourth-order valence-corrected chi connectivity index (χ4v) is 1.10. The molecular formula is C7H15N3O. The van der Waals surface area contributed by atoms with Crippen LogP contribution in [0.25, 0.3) is 0 Å². The van der Waals surface area contributed by atoms with Gasteiger partial charge in [0.25, 0.3) is 0 Å². The summed E-state index contributed by atoms with van der Waals surface area (Å²) >= 11 is 0. The van der Waals surface area contributed by atoms with Crippen molar-refractivity contribution in [1.29, 1.82) is 0 Å². The lowest BCUT2D eigenvalue weighted by Gasteiger charge is -2.34. The van der Waals surface area contributed by atoms with Gasteiger partial charge in [0.1, 0.15) is 6.04 Å². The fraction of sp³-hybridized carbons (Fsp3) is 0.857. The van der Waals surface area contributed by atoms with Crippen LogP contribution in [0.5, 0.6) is 0 Å². The van der Waals surface area contributed by atoms with Crippen molar-refractivity contribution in [1.82, 2.24) is 10.2 Å². The SMILES string of the molecule is CN(C)CCC1NC(=O)C1N. The van der Waals surface area contributed by atoms with E-state index in [1.807, 2.05) is 14.1 Å². The molecule has 0 bridgehead atoms. The van der Waals surface area contributed by atoms with Gasteiger partial charge in [-0.3, -0.25) is 4.79 Å². The maximum atomic E-state index is 10.6. The highest BCUT2D eigenvalue weighted by Gasteiger charge is 2.35. The van der Waals surface area contributed by atoms with Crippen LogP contribution in [0.4, 0.5) is 0 Å². The minimum atomic E-state index is -0.269. The average molecular weight is 157 g/mol. The van der Waals surface area contributed by atoms with Gasteiger partial charge in [-0.1, -0.05) is 0 Å². The molecule has 4 nitrogen and oxygen atoms in total. The summed E-state index contributed by atoms with van der Waals surface area (Å²) in [5, 5.41) is 2.76. The molecule has 4 heteroatoms. The van der Waals surface area contributed by atoms with Gasteiger partial charge in [-0.25, -0.2) is 0 Å². The topological polar surface area (TPSA) is 58.4 Å². The molecule has 1 saturated heterocycles. The first-order valence-corrected chi connectivity index (χ1v) is 3.82. The molecule has 3 N–H and O–H groups in total. The molecule has 2 unspecified atom stereocenters. The Kier molecular flexibility index (Phi) is 2.46. The normalized spacial score (nSPS) is 30.0. The second-order valence-corrected chi connectivity index (χ2v) is 3.23. The maximum Gasteiger partial charge on any atom is 0.239 e. The molecule has 0 aliphatic carbocycles. The van der Waals surface area contributed by atoms with E-state index in [-0.39, 0.29) is 18.0 Å². The predicted molar refractivity (Wildman–Crippen MR) is 43.1 cm³/mol. The monoisotopic (exact) mass is 157 g/mol. The van der Waals surface area contributed by atoms with Crippen LogP contribution in [-0.2, 0) is 4.79 Å². The van der Waals surface area contributed by atoms with Crippen LogP contribution in [0, 0.1) is 0 Å². The van der Waals surface area contributed by atoms with Gasteiger partial charge in [-0.2, -0.15) is 0 Å². The molecule has 0 spiro atoms. The number of carbonyl (C=O) groups is 1. The largest absolute Gasteiger partial charge is 0.350 e. The van der Waals surface area contributed by atoms with Crippen molar-refractivity contribution in [2.75, 3.05) is 20.6 Å². The summed E-state index contributed by atoms with van der Waals surface area (Å²) < 4.78 is 0. The van der Waals surface area contributed by atoms with Crippen molar-refractivity contribution < 1.29 is 4.79 Å². The molecule has 1 aliphatic heterocycles. The molecular weight excluding hydrogens is 142 g/mol. The van der Waals surface area contributed by atoms with Gasteiger partial charge in [0.15, 0.2) is 0 Å². The van der Waals surface area contributed by atoms with E-state index >= 15 is 0 Å². The molecule has 0 aromatic rings. The summed E-state index contributed by atoms with van der Waals surface area (Å²) in [6.45, 7) is 0.971. The van der Waals surface area contributed by atoms with Crippen LogP contribution in [0.1, 0.15) is 6.42 Å². The number of β-lactam (4-membered cyclic amide) rings is 1. The quantitative estimate of drug-likeness (QED) is 0.504. The van der Waals surface area contributed by atoms with Gasteiger partial charge in [-0.05, 0) is 27.1 Å². The van der Waals surface area contributed by atoms with Gasteiger partial charge < -0.3 is 16.0 Å². The van der Waals surface area contributed by atoms with E-state index in [0.29, 0.717) is 0 Å². The molecule has 0 radical (unpaired) electrons. The van der Waals surface area contributed by atoms with Crippen molar-refractivity contribution in [3.05, 3.63) is 0 Å².